The average Bonchev–Trinajstić information content (AvgIpc) is 2.47. The molecule has 2 heterocycles. The van der Waals surface area contributed by atoms with E-state index in [1.807, 2.05) is 40.0 Å². The molecule has 128 valence electrons. The van der Waals surface area contributed by atoms with E-state index in [4.69, 9.17) is 4.74 Å². The van der Waals surface area contributed by atoms with Gasteiger partial charge in [-0.1, -0.05) is 12.5 Å². The number of pyridine rings is 1. The number of piperidine rings is 1. The molecule has 0 saturated carbocycles. The van der Waals surface area contributed by atoms with Crippen LogP contribution in [0.5, 0.6) is 0 Å². The van der Waals surface area contributed by atoms with E-state index < -0.39 is 5.60 Å². The van der Waals surface area contributed by atoms with Crippen LogP contribution < -0.4 is 4.90 Å². The zero-order valence-electron chi connectivity index (χ0n) is 15.0. The number of carbonyl (C=O) groups is 1. The average molecular weight is 319 g/mol. The molecule has 1 atom stereocenters. The maximum Gasteiger partial charge on any atom is 0.415 e. The molecule has 1 aliphatic rings. The molecule has 0 N–H and O–H groups in total. The summed E-state index contributed by atoms with van der Waals surface area (Å²) in [5.74, 6) is 0.643. The molecule has 1 saturated heterocycles. The Morgan fingerprint density at radius 3 is 2.65 bits per heavy atom. The second-order valence-corrected chi connectivity index (χ2v) is 7.17. The van der Waals surface area contributed by atoms with Crippen LogP contribution in [0.25, 0.3) is 0 Å². The Kier molecular flexibility index (Phi) is 5.63. The summed E-state index contributed by atoms with van der Waals surface area (Å²) in [6, 6.07) is 4.44. The molecule has 0 spiro atoms. The van der Waals surface area contributed by atoms with Gasteiger partial charge < -0.3 is 4.74 Å². The fourth-order valence-corrected chi connectivity index (χ4v) is 2.95. The topological polar surface area (TPSA) is 45.7 Å². The predicted molar refractivity (Wildman–Crippen MR) is 92.7 cm³/mol. The Morgan fingerprint density at radius 2 is 2.13 bits per heavy atom. The van der Waals surface area contributed by atoms with Gasteiger partial charge in [-0.25, -0.2) is 9.78 Å². The van der Waals surface area contributed by atoms with Crippen LogP contribution in [0.2, 0.25) is 0 Å². The molecule has 0 aromatic carbocycles. The molecule has 0 bridgehead atoms. The molecule has 1 amide bonds. The van der Waals surface area contributed by atoms with Crippen LogP contribution in [-0.4, -0.2) is 41.7 Å². The molecule has 0 radical (unpaired) electrons. The Morgan fingerprint density at radius 1 is 1.39 bits per heavy atom. The lowest BCUT2D eigenvalue weighted by Crippen LogP contribution is -2.37. The monoisotopic (exact) mass is 319 g/mol. The number of rotatable bonds is 3. The molecule has 1 aromatic heterocycles. The summed E-state index contributed by atoms with van der Waals surface area (Å²) < 4.78 is 5.45. The Balaban J connectivity index is 2.12. The van der Waals surface area contributed by atoms with Crippen LogP contribution in [0.3, 0.4) is 0 Å². The first kappa shape index (κ1) is 17.7. The second-order valence-electron chi connectivity index (χ2n) is 7.17. The van der Waals surface area contributed by atoms with Gasteiger partial charge in [-0.15, -0.1) is 0 Å². The van der Waals surface area contributed by atoms with E-state index in [2.05, 4.69) is 23.0 Å². The highest BCUT2D eigenvalue weighted by molar-refractivity contribution is 5.86. The zero-order chi connectivity index (χ0) is 17.0. The lowest BCUT2D eigenvalue weighted by Gasteiger charge is -2.32. The fourth-order valence-electron chi connectivity index (χ4n) is 2.95. The van der Waals surface area contributed by atoms with Crippen LogP contribution in [0.1, 0.15) is 58.6 Å². The number of hydrogen-bond acceptors (Lipinski definition) is 4. The number of hydrogen-bond donors (Lipinski definition) is 0. The van der Waals surface area contributed by atoms with Crippen molar-refractivity contribution in [3.05, 3.63) is 23.9 Å². The van der Waals surface area contributed by atoms with Crippen LogP contribution in [0, 0.1) is 0 Å². The van der Waals surface area contributed by atoms with Crippen LogP contribution in [0.4, 0.5) is 10.6 Å². The summed E-state index contributed by atoms with van der Waals surface area (Å²) in [7, 11) is 2.16. The molecule has 5 heteroatoms. The van der Waals surface area contributed by atoms with Gasteiger partial charge in [0.25, 0.3) is 0 Å². The summed E-state index contributed by atoms with van der Waals surface area (Å²) >= 11 is 0. The van der Waals surface area contributed by atoms with Crippen molar-refractivity contribution in [1.29, 1.82) is 0 Å². The van der Waals surface area contributed by atoms with E-state index in [1.54, 1.807) is 4.90 Å². The number of aromatic nitrogens is 1. The molecular formula is C18H29N3O2. The highest BCUT2D eigenvalue weighted by atomic mass is 16.6. The first-order valence-corrected chi connectivity index (χ1v) is 8.48. The zero-order valence-corrected chi connectivity index (χ0v) is 15.0. The highest BCUT2D eigenvalue weighted by Crippen LogP contribution is 2.29. The highest BCUT2D eigenvalue weighted by Gasteiger charge is 2.24. The molecule has 2 rings (SSSR count). The quantitative estimate of drug-likeness (QED) is 0.845. The van der Waals surface area contributed by atoms with Gasteiger partial charge in [0, 0.05) is 18.8 Å². The number of carbonyl (C=O) groups excluding carboxylic acids is 1. The lowest BCUT2D eigenvalue weighted by atomic mass is 9.97. The van der Waals surface area contributed by atoms with E-state index in [0.29, 0.717) is 18.4 Å². The predicted octanol–water partition coefficient (Wildman–Crippen LogP) is 4.00. The second kappa shape index (κ2) is 7.30. The normalized spacial score (nSPS) is 19.4. The van der Waals surface area contributed by atoms with Gasteiger partial charge in [-0.3, -0.25) is 9.80 Å². The molecule has 1 fully saturated rings. The van der Waals surface area contributed by atoms with Crippen molar-refractivity contribution in [1.82, 2.24) is 9.88 Å². The third-order valence-corrected chi connectivity index (χ3v) is 4.13. The van der Waals surface area contributed by atoms with Crippen molar-refractivity contribution in [2.45, 2.75) is 58.6 Å². The van der Waals surface area contributed by atoms with Crippen molar-refractivity contribution in [2.75, 3.05) is 25.0 Å². The Bertz CT molecular complexity index is 522. The molecule has 1 aliphatic heterocycles. The number of anilines is 1. The Labute approximate surface area is 139 Å². The standard InChI is InChI=1S/C18H29N3O2/c1-6-21(17(22)23-18(2,3)4)16-11-10-14(13-19-16)15-9-7-8-12-20(15)5/h10-11,13,15H,6-9,12H2,1-5H3. The SMILES string of the molecule is CCN(C(=O)OC(C)(C)C)c1ccc(C2CCCCN2C)cn1. The van der Waals surface area contributed by atoms with E-state index in [0.717, 1.165) is 6.54 Å². The van der Waals surface area contributed by atoms with Crippen LogP contribution in [0.15, 0.2) is 18.3 Å². The van der Waals surface area contributed by atoms with Gasteiger partial charge in [0.05, 0.1) is 0 Å². The minimum absolute atomic E-state index is 0.352. The maximum absolute atomic E-state index is 12.3. The molecule has 5 nitrogen and oxygen atoms in total. The largest absolute Gasteiger partial charge is 0.443 e. The lowest BCUT2D eigenvalue weighted by molar-refractivity contribution is 0.0581. The number of amides is 1. The maximum atomic E-state index is 12.3. The van der Waals surface area contributed by atoms with Gasteiger partial charge in [0.15, 0.2) is 0 Å². The van der Waals surface area contributed by atoms with Crippen molar-refractivity contribution in [2.24, 2.45) is 0 Å². The van der Waals surface area contributed by atoms with E-state index in [9.17, 15) is 4.79 Å². The number of ether oxygens (including phenoxy) is 1. The fraction of sp³-hybridized carbons (Fsp3) is 0.667. The van der Waals surface area contributed by atoms with Gasteiger partial charge in [-0.2, -0.15) is 0 Å². The molecular weight excluding hydrogens is 290 g/mol. The van der Waals surface area contributed by atoms with Gasteiger partial charge in [-0.05, 0) is 65.8 Å². The smallest absolute Gasteiger partial charge is 0.415 e. The summed E-state index contributed by atoms with van der Waals surface area (Å²) in [5.41, 5.74) is 0.714. The van der Waals surface area contributed by atoms with Gasteiger partial charge in [0.2, 0.25) is 0 Å². The minimum Gasteiger partial charge on any atom is -0.443 e. The first-order chi connectivity index (χ1) is 10.8. The van der Waals surface area contributed by atoms with E-state index in [-0.39, 0.29) is 6.09 Å². The molecule has 23 heavy (non-hydrogen) atoms. The number of likely N-dealkylation sites (tertiary alicyclic amines) is 1. The van der Waals surface area contributed by atoms with Crippen molar-refractivity contribution in [3.63, 3.8) is 0 Å². The van der Waals surface area contributed by atoms with Gasteiger partial charge in [0.1, 0.15) is 11.4 Å². The third kappa shape index (κ3) is 4.67. The van der Waals surface area contributed by atoms with Crippen LogP contribution in [-0.2, 0) is 4.74 Å². The summed E-state index contributed by atoms with van der Waals surface area (Å²) in [6.45, 7) is 9.20. The van der Waals surface area contributed by atoms with Crippen LogP contribution >= 0.6 is 0 Å². The summed E-state index contributed by atoms with van der Waals surface area (Å²) in [5, 5.41) is 0. The van der Waals surface area contributed by atoms with Gasteiger partial charge >= 0.3 is 6.09 Å². The van der Waals surface area contributed by atoms with E-state index in [1.165, 1.54) is 24.8 Å². The van der Waals surface area contributed by atoms with Crippen molar-refractivity contribution in [3.8, 4) is 0 Å². The van der Waals surface area contributed by atoms with Crippen molar-refractivity contribution < 1.29 is 9.53 Å². The minimum atomic E-state index is -0.505. The number of nitrogens with zero attached hydrogens (tertiary/aromatic N) is 3. The molecule has 0 aliphatic carbocycles. The third-order valence-electron chi connectivity index (χ3n) is 4.13. The molecule has 1 aromatic rings. The first-order valence-electron chi connectivity index (χ1n) is 8.48. The Hall–Kier alpha value is -1.62. The summed E-state index contributed by atoms with van der Waals surface area (Å²) in [4.78, 5) is 20.7. The molecule has 1 unspecified atom stereocenters. The van der Waals surface area contributed by atoms with Crippen molar-refractivity contribution >= 4 is 11.9 Å². The van der Waals surface area contributed by atoms with E-state index >= 15 is 0 Å². The summed E-state index contributed by atoms with van der Waals surface area (Å²) in [6.07, 6.45) is 5.24.